The largest absolute Gasteiger partial charge is 0.349 e. The van der Waals surface area contributed by atoms with Gasteiger partial charge in [0.25, 0.3) is 5.91 Å². The zero-order valence-corrected chi connectivity index (χ0v) is 17.7. The minimum absolute atomic E-state index is 0.0121. The summed E-state index contributed by atoms with van der Waals surface area (Å²) in [5.74, 6) is 0.732. The molecule has 1 N–H and O–H groups in total. The van der Waals surface area contributed by atoms with Crippen LogP contribution in [0.1, 0.15) is 46.7 Å². The second-order valence-corrected chi connectivity index (χ2v) is 8.57. The Morgan fingerprint density at radius 2 is 1.63 bits per heavy atom. The molecule has 2 aromatic rings. The van der Waals surface area contributed by atoms with Crippen molar-refractivity contribution < 1.29 is 9.59 Å². The fourth-order valence-corrected chi connectivity index (χ4v) is 4.63. The van der Waals surface area contributed by atoms with Gasteiger partial charge in [0.15, 0.2) is 0 Å². The number of nitrogens with zero attached hydrogens (tertiary/aromatic N) is 2. The highest BCUT2D eigenvalue weighted by Gasteiger charge is 2.29. The van der Waals surface area contributed by atoms with Gasteiger partial charge in [-0.15, -0.1) is 0 Å². The molecule has 0 spiro atoms. The van der Waals surface area contributed by atoms with Crippen LogP contribution in [0.2, 0.25) is 0 Å². The minimum atomic E-state index is -0.0121. The van der Waals surface area contributed by atoms with Crippen LogP contribution in [0.3, 0.4) is 0 Å². The lowest BCUT2D eigenvalue weighted by molar-refractivity contribution is -0.133. The summed E-state index contributed by atoms with van der Waals surface area (Å²) in [5, 5.41) is 3.15. The van der Waals surface area contributed by atoms with E-state index in [0.717, 1.165) is 43.5 Å². The van der Waals surface area contributed by atoms with Crippen molar-refractivity contribution in [1.82, 2.24) is 15.1 Å². The molecular weight excluding hydrogens is 374 g/mol. The van der Waals surface area contributed by atoms with Gasteiger partial charge >= 0.3 is 0 Å². The second-order valence-electron chi connectivity index (χ2n) is 8.57. The van der Waals surface area contributed by atoms with Gasteiger partial charge in [-0.3, -0.25) is 14.5 Å². The van der Waals surface area contributed by atoms with Crippen LogP contribution in [0.15, 0.2) is 54.6 Å². The summed E-state index contributed by atoms with van der Waals surface area (Å²) < 4.78 is 0. The highest BCUT2D eigenvalue weighted by atomic mass is 16.2. The normalized spacial score (nSPS) is 20.3. The maximum atomic E-state index is 12.8. The zero-order chi connectivity index (χ0) is 20.9. The third-order valence-electron chi connectivity index (χ3n) is 6.47. The number of likely N-dealkylation sites (tertiary alicyclic amines) is 2. The van der Waals surface area contributed by atoms with Crippen LogP contribution in [-0.2, 0) is 4.79 Å². The van der Waals surface area contributed by atoms with Crippen LogP contribution in [0, 0.1) is 6.92 Å². The Balaban J connectivity index is 1.22. The van der Waals surface area contributed by atoms with Crippen molar-refractivity contribution in [3.05, 3.63) is 71.3 Å². The standard InChI is InChI=1S/C25H31N3O2/c1-19-7-5-6-10-23(19)25(30)26-22-12-15-28(16-13-22)24(29)18-27-14-11-21(17-27)20-8-3-2-4-9-20/h2-10,21-22H,11-18H2,1H3,(H,26,30)/t21-/m1/s1. The van der Waals surface area contributed by atoms with Crippen molar-refractivity contribution in [3.8, 4) is 0 Å². The third kappa shape index (κ3) is 4.90. The molecule has 5 heteroatoms. The molecule has 2 amide bonds. The Bertz CT molecular complexity index is 875. The van der Waals surface area contributed by atoms with Crippen LogP contribution in [0.25, 0.3) is 0 Å². The van der Waals surface area contributed by atoms with Gasteiger partial charge < -0.3 is 10.2 Å². The minimum Gasteiger partial charge on any atom is -0.349 e. The molecular formula is C25H31N3O2. The van der Waals surface area contributed by atoms with Crippen molar-refractivity contribution >= 4 is 11.8 Å². The van der Waals surface area contributed by atoms with E-state index in [1.807, 2.05) is 42.2 Å². The van der Waals surface area contributed by atoms with E-state index in [4.69, 9.17) is 0 Å². The van der Waals surface area contributed by atoms with Gasteiger partial charge in [0.1, 0.15) is 0 Å². The number of benzene rings is 2. The molecule has 0 unspecified atom stereocenters. The Labute approximate surface area is 179 Å². The second kappa shape index (κ2) is 9.43. The Morgan fingerprint density at radius 3 is 2.37 bits per heavy atom. The Morgan fingerprint density at radius 1 is 0.933 bits per heavy atom. The highest BCUT2D eigenvalue weighted by molar-refractivity contribution is 5.95. The van der Waals surface area contributed by atoms with E-state index < -0.39 is 0 Å². The fraction of sp³-hybridized carbons (Fsp3) is 0.440. The van der Waals surface area contributed by atoms with Gasteiger partial charge in [-0.25, -0.2) is 0 Å². The van der Waals surface area contributed by atoms with Gasteiger partial charge in [0.2, 0.25) is 5.91 Å². The summed E-state index contributed by atoms with van der Waals surface area (Å²) in [6.07, 6.45) is 2.75. The van der Waals surface area contributed by atoms with Gasteiger partial charge in [0, 0.05) is 31.2 Å². The van der Waals surface area contributed by atoms with E-state index >= 15 is 0 Å². The summed E-state index contributed by atoms with van der Waals surface area (Å²) in [6, 6.07) is 18.4. The highest BCUT2D eigenvalue weighted by Crippen LogP contribution is 2.27. The molecule has 2 fully saturated rings. The van der Waals surface area contributed by atoms with Crippen molar-refractivity contribution in [2.45, 2.75) is 38.1 Å². The topological polar surface area (TPSA) is 52.7 Å². The number of aryl methyl sites for hydroxylation is 1. The van der Waals surface area contributed by atoms with Gasteiger partial charge in [-0.1, -0.05) is 48.5 Å². The molecule has 0 radical (unpaired) electrons. The van der Waals surface area contributed by atoms with E-state index in [9.17, 15) is 9.59 Å². The van der Waals surface area contributed by atoms with Crippen LogP contribution >= 0.6 is 0 Å². The van der Waals surface area contributed by atoms with Gasteiger partial charge in [-0.05, 0) is 55.8 Å². The summed E-state index contributed by atoms with van der Waals surface area (Å²) in [6.45, 7) is 5.83. The van der Waals surface area contributed by atoms with Crippen LogP contribution < -0.4 is 5.32 Å². The molecule has 0 bridgehead atoms. The summed E-state index contributed by atoms with van der Waals surface area (Å²) in [4.78, 5) is 29.6. The smallest absolute Gasteiger partial charge is 0.251 e. The molecule has 0 aliphatic carbocycles. The fourth-order valence-electron chi connectivity index (χ4n) is 4.63. The zero-order valence-electron chi connectivity index (χ0n) is 17.7. The van der Waals surface area contributed by atoms with E-state index in [1.54, 1.807) is 0 Å². The lowest BCUT2D eigenvalue weighted by Crippen LogP contribution is -2.48. The van der Waals surface area contributed by atoms with Crippen LogP contribution in [0.5, 0.6) is 0 Å². The molecule has 2 aromatic carbocycles. The van der Waals surface area contributed by atoms with Crippen molar-refractivity contribution in [1.29, 1.82) is 0 Å². The van der Waals surface area contributed by atoms with Gasteiger partial charge in [0.05, 0.1) is 6.54 Å². The summed E-state index contributed by atoms with van der Waals surface area (Å²) >= 11 is 0. The lowest BCUT2D eigenvalue weighted by atomic mass is 9.99. The molecule has 5 nitrogen and oxygen atoms in total. The molecule has 4 rings (SSSR count). The van der Waals surface area contributed by atoms with Gasteiger partial charge in [-0.2, -0.15) is 0 Å². The molecule has 0 aromatic heterocycles. The predicted molar refractivity (Wildman–Crippen MR) is 118 cm³/mol. The molecule has 2 heterocycles. The first-order valence-corrected chi connectivity index (χ1v) is 11.0. The SMILES string of the molecule is Cc1ccccc1C(=O)NC1CCN(C(=O)CN2CC[C@@H](c3ccccc3)C2)CC1. The number of nitrogens with one attached hydrogen (secondary N) is 1. The third-order valence-corrected chi connectivity index (χ3v) is 6.47. The quantitative estimate of drug-likeness (QED) is 0.831. The molecule has 1 atom stereocenters. The molecule has 158 valence electrons. The van der Waals surface area contributed by atoms with E-state index in [-0.39, 0.29) is 17.9 Å². The maximum absolute atomic E-state index is 12.8. The molecule has 2 aliphatic heterocycles. The summed E-state index contributed by atoms with van der Waals surface area (Å²) in [5.41, 5.74) is 3.10. The lowest BCUT2D eigenvalue weighted by Gasteiger charge is -2.33. The first kappa shape index (κ1) is 20.6. The van der Waals surface area contributed by atoms with Crippen molar-refractivity contribution in [2.24, 2.45) is 0 Å². The Hall–Kier alpha value is -2.66. The first-order chi connectivity index (χ1) is 14.6. The number of rotatable bonds is 5. The predicted octanol–water partition coefficient (Wildman–Crippen LogP) is 3.21. The maximum Gasteiger partial charge on any atom is 0.251 e. The number of hydrogen-bond donors (Lipinski definition) is 1. The number of amides is 2. The number of carbonyl (C=O) groups is 2. The van der Waals surface area contributed by atoms with E-state index in [1.165, 1.54) is 5.56 Å². The number of piperidine rings is 1. The molecule has 0 saturated carbocycles. The number of hydrogen-bond acceptors (Lipinski definition) is 3. The molecule has 2 saturated heterocycles. The van der Waals surface area contributed by atoms with E-state index in [0.29, 0.717) is 25.6 Å². The Kier molecular flexibility index (Phi) is 6.48. The monoisotopic (exact) mass is 405 g/mol. The molecule has 2 aliphatic rings. The van der Waals surface area contributed by atoms with Crippen LogP contribution in [0.4, 0.5) is 0 Å². The average molecular weight is 406 g/mol. The van der Waals surface area contributed by atoms with Crippen molar-refractivity contribution in [2.75, 3.05) is 32.7 Å². The number of carbonyl (C=O) groups excluding carboxylic acids is 2. The molecule has 30 heavy (non-hydrogen) atoms. The first-order valence-electron chi connectivity index (χ1n) is 11.0. The summed E-state index contributed by atoms with van der Waals surface area (Å²) in [7, 11) is 0. The van der Waals surface area contributed by atoms with Crippen LogP contribution in [-0.4, -0.2) is 60.4 Å². The van der Waals surface area contributed by atoms with E-state index in [2.05, 4.69) is 34.5 Å². The average Bonchev–Trinajstić information content (AvgIpc) is 3.23. The van der Waals surface area contributed by atoms with Crippen molar-refractivity contribution in [3.63, 3.8) is 0 Å².